The largest absolute Gasteiger partial charge is 0.495 e. The van der Waals surface area contributed by atoms with Gasteiger partial charge in [0.2, 0.25) is 0 Å². The van der Waals surface area contributed by atoms with E-state index in [9.17, 15) is 35.9 Å². The van der Waals surface area contributed by atoms with Crippen molar-refractivity contribution in [3.05, 3.63) is 153 Å². The highest BCUT2D eigenvalue weighted by atomic mass is 79.9. The van der Waals surface area contributed by atoms with Gasteiger partial charge in [-0.2, -0.15) is 31.4 Å². The summed E-state index contributed by atoms with van der Waals surface area (Å²) in [6.45, 7) is 15.7. The van der Waals surface area contributed by atoms with Gasteiger partial charge in [-0.3, -0.25) is 19.3 Å². The Hall–Kier alpha value is -5.72. The molecule has 1 aliphatic rings. The molecular weight excluding hydrogens is 957 g/mol. The zero-order chi connectivity index (χ0) is 50.5. The highest BCUT2D eigenvalue weighted by Crippen LogP contribution is 2.37. The first kappa shape index (κ1) is 54.9. The van der Waals surface area contributed by atoms with Crippen molar-refractivity contribution in [2.45, 2.75) is 98.3 Å². The summed E-state index contributed by atoms with van der Waals surface area (Å²) in [5, 5.41) is 4.39. The summed E-state index contributed by atoms with van der Waals surface area (Å²) in [7, 11) is -0.540. The van der Waals surface area contributed by atoms with Crippen LogP contribution in [0.2, 0.25) is 0 Å². The Bertz CT molecular complexity index is 2520. The molecule has 1 aliphatic heterocycles. The van der Waals surface area contributed by atoms with Crippen LogP contribution in [-0.2, 0) is 60.1 Å². The van der Waals surface area contributed by atoms with Gasteiger partial charge in [0.15, 0.2) is 0 Å². The second-order valence-corrected chi connectivity index (χ2v) is 17.5. The maximum Gasteiger partial charge on any atom is 0.495 e. The lowest BCUT2D eigenvalue weighted by Crippen LogP contribution is -2.41. The van der Waals surface area contributed by atoms with Gasteiger partial charge in [-0.25, -0.2) is 0 Å². The molecule has 1 aromatic heterocycles. The van der Waals surface area contributed by atoms with Crippen LogP contribution in [0.5, 0.6) is 0 Å². The number of allylic oxidation sites excluding steroid dienone is 2. The minimum atomic E-state index is -4.35. The number of carbonyl (C=O) groups excluding carboxylic acids is 2. The average Bonchev–Trinajstić information content (AvgIpc) is 3.73. The number of hydrogen-bond donors (Lipinski definition) is 1. The maximum absolute atomic E-state index is 13.0. The smallest absolute Gasteiger partial charge is 0.465 e. The molecule has 0 amide bonds. The fourth-order valence-corrected chi connectivity index (χ4v) is 6.80. The summed E-state index contributed by atoms with van der Waals surface area (Å²) in [4.78, 5) is 26.3. The number of nitrogens with zero attached hydrogens (tertiary/aromatic N) is 3. The minimum Gasteiger partial charge on any atom is -0.465 e. The van der Waals surface area contributed by atoms with Crippen LogP contribution in [-0.4, -0.2) is 66.0 Å². The van der Waals surface area contributed by atoms with Crippen molar-refractivity contribution in [2.75, 3.05) is 19.8 Å². The van der Waals surface area contributed by atoms with Crippen LogP contribution in [0.1, 0.15) is 87.5 Å². The molecule has 4 aromatic carbocycles. The summed E-state index contributed by atoms with van der Waals surface area (Å²) in [5.74, 6) is -0.701. The number of aryl methyl sites for hydroxylation is 1. The molecule has 0 radical (unpaired) electrons. The monoisotopic (exact) mass is 1010 g/mol. The molecule has 68 heavy (non-hydrogen) atoms. The summed E-state index contributed by atoms with van der Waals surface area (Å²) < 4.78 is 101. The highest BCUT2D eigenvalue weighted by Gasteiger charge is 2.52. The van der Waals surface area contributed by atoms with Crippen LogP contribution >= 0.6 is 15.9 Å². The van der Waals surface area contributed by atoms with E-state index in [0.29, 0.717) is 41.8 Å². The van der Waals surface area contributed by atoms with Gasteiger partial charge in [0.25, 0.3) is 0 Å². The number of halogens is 7. The van der Waals surface area contributed by atoms with Crippen molar-refractivity contribution in [1.82, 2.24) is 9.78 Å². The SMILES string of the molecule is CC1(C)OB(c2ccccc2Cc2cccc(C(F)(F)F)c2)OC1(C)C.CCOC(=O)CN=CC(Br)=C(C)N.CCOC(=O)Cn1cc(-c2ccccc2Cc2ccc(C(F)(F)F)cc2)c(C)n1. The zero-order valence-corrected chi connectivity index (χ0v) is 40.8. The number of benzene rings is 4. The van der Waals surface area contributed by atoms with Crippen molar-refractivity contribution in [3.63, 3.8) is 0 Å². The van der Waals surface area contributed by atoms with E-state index in [0.717, 1.165) is 57.2 Å². The summed E-state index contributed by atoms with van der Waals surface area (Å²) in [6, 6.07) is 25.9. The van der Waals surface area contributed by atoms with Gasteiger partial charge in [-0.15, -0.1) is 0 Å². The summed E-state index contributed by atoms with van der Waals surface area (Å²) in [5.41, 5.74) is 10.5. The van der Waals surface area contributed by atoms with E-state index in [1.807, 2.05) is 83.1 Å². The number of nitrogens with two attached hydrogens (primary N) is 1. The zero-order valence-electron chi connectivity index (χ0n) is 39.2. The highest BCUT2D eigenvalue weighted by molar-refractivity contribution is 9.12. The molecule has 5 aromatic rings. The van der Waals surface area contributed by atoms with Crippen molar-refractivity contribution in [1.29, 1.82) is 0 Å². The number of alkyl halides is 6. The topological polar surface area (TPSA) is 127 Å². The third-order valence-corrected chi connectivity index (χ3v) is 11.7. The molecule has 0 bridgehead atoms. The number of esters is 2. The predicted octanol–water partition coefficient (Wildman–Crippen LogP) is 10.8. The third kappa shape index (κ3) is 15.9. The molecule has 0 saturated carbocycles. The number of carbonyl (C=O) groups is 2. The second kappa shape index (κ2) is 24.0. The van der Waals surface area contributed by atoms with Crippen LogP contribution < -0.4 is 11.2 Å². The summed E-state index contributed by atoms with van der Waals surface area (Å²) in [6.07, 6.45) is -4.55. The van der Waals surface area contributed by atoms with E-state index in [4.69, 9.17) is 19.8 Å². The van der Waals surface area contributed by atoms with Gasteiger partial charge < -0.3 is 24.5 Å². The quantitative estimate of drug-likeness (QED) is 0.0535. The molecule has 0 unspecified atom stereocenters. The number of aromatic nitrogens is 2. The average molecular weight is 1010 g/mol. The molecule has 2 heterocycles. The molecule has 2 N–H and O–H groups in total. The minimum absolute atomic E-state index is 0.0236. The lowest BCUT2D eigenvalue weighted by molar-refractivity contribution is -0.144. The number of ether oxygens (including phenoxy) is 2. The van der Waals surface area contributed by atoms with E-state index in [-0.39, 0.29) is 25.0 Å². The first-order valence-corrected chi connectivity index (χ1v) is 22.4. The molecule has 0 aliphatic carbocycles. The van der Waals surface area contributed by atoms with E-state index in [1.54, 1.807) is 33.0 Å². The Labute approximate surface area is 402 Å². The maximum atomic E-state index is 13.0. The van der Waals surface area contributed by atoms with Gasteiger partial charge >= 0.3 is 31.4 Å². The molecule has 1 saturated heterocycles. The fraction of sp³-hybridized carbons (Fsp3) is 0.360. The summed E-state index contributed by atoms with van der Waals surface area (Å²) >= 11 is 3.18. The van der Waals surface area contributed by atoms with Crippen molar-refractivity contribution in [2.24, 2.45) is 10.7 Å². The lowest BCUT2D eigenvalue weighted by Gasteiger charge is -2.32. The van der Waals surface area contributed by atoms with Gasteiger partial charge in [0.1, 0.15) is 13.1 Å². The Morgan fingerprint density at radius 3 is 1.91 bits per heavy atom. The standard InChI is InChI=1S/C22H21F3N2O2.C20H22BF3O2.C8H13BrN2O2/c1-3-29-21(28)14-27-13-20(15(2)26-27)19-7-5-4-6-17(19)12-16-8-10-18(11-9-16)22(23,24)25;1-18(2)19(3,4)26-21(25-18)17-11-6-5-9-15(17)12-14-8-7-10-16(13-14)20(22,23)24;1-3-13-8(12)5-11-4-7(9)6(2)10/h4-11,13H,3,12,14H2,1-2H3;5-11,13H,12H2,1-4H3;4H,3,5,10H2,1-2H3. The van der Waals surface area contributed by atoms with Gasteiger partial charge in [0.05, 0.1) is 45.7 Å². The number of rotatable bonds is 13. The third-order valence-electron chi connectivity index (χ3n) is 10.8. The van der Waals surface area contributed by atoms with Crippen LogP contribution in [0.15, 0.2) is 118 Å². The molecule has 1 fully saturated rings. The Balaban J connectivity index is 0.000000239. The van der Waals surface area contributed by atoms with E-state index < -0.39 is 41.8 Å². The van der Waals surface area contributed by atoms with Crippen molar-refractivity contribution >= 4 is 46.7 Å². The first-order chi connectivity index (χ1) is 31.8. The number of aliphatic imine (C=N–C) groups is 1. The molecule has 0 spiro atoms. The van der Waals surface area contributed by atoms with Crippen LogP contribution in [0.3, 0.4) is 0 Å². The first-order valence-electron chi connectivity index (χ1n) is 21.7. The van der Waals surface area contributed by atoms with Gasteiger partial charge in [-0.1, -0.05) is 78.9 Å². The predicted molar refractivity (Wildman–Crippen MR) is 255 cm³/mol. The molecule has 10 nitrogen and oxygen atoms in total. The molecule has 0 atom stereocenters. The van der Waals surface area contributed by atoms with E-state index in [1.165, 1.54) is 35.2 Å². The van der Waals surface area contributed by atoms with Crippen LogP contribution in [0.25, 0.3) is 11.1 Å². The van der Waals surface area contributed by atoms with Crippen LogP contribution in [0, 0.1) is 6.92 Å². The second-order valence-electron chi connectivity index (χ2n) is 16.6. The van der Waals surface area contributed by atoms with Crippen LogP contribution in [0.4, 0.5) is 26.3 Å². The molecular formula is C50H56BBrF6N4O6. The molecule has 6 rings (SSSR count). The fourth-order valence-electron chi connectivity index (χ4n) is 6.65. The van der Waals surface area contributed by atoms with E-state index in [2.05, 4.69) is 30.8 Å². The Kier molecular flexibility index (Phi) is 19.4. The normalized spacial score (nSPS) is 14.6. The van der Waals surface area contributed by atoms with E-state index >= 15 is 0 Å². The van der Waals surface area contributed by atoms with Crippen molar-refractivity contribution in [3.8, 4) is 11.1 Å². The molecule has 364 valence electrons. The Morgan fingerprint density at radius 1 is 0.765 bits per heavy atom. The Morgan fingerprint density at radius 2 is 1.32 bits per heavy atom. The lowest BCUT2D eigenvalue weighted by atomic mass is 9.74. The van der Waals surface area contributed by atoms with Crippen molar-refractivity contribution < 1.29 is 54.7 Å². The molecule has 18 heteroatoms. The number of hydrogen-bond acceptors (Lipinski definition) is 9. The van der Waals surface area contributed by atoms with Gasteiger partial charge in [0, 0.05) is 23.7 Å². The van der Waals surface area contributed by atoms with Gasteiger partial charge in [-0.05, 0) is 136 Å².